The molecule has 4 rings (SSSR count). The maximum Gasteiger partial charge on any atom is 0.253 e. The lowest BCUT2D eigenvalue weighted by molar-refractivity contribution is 0.0746. The molecule has 144 valence electrons. The summed E-state index contributed by atoms with van der Waals surface area (Å²) >= 11 is 0. The molecule has 0 unspecified atom stereocenters. The molecule has 2 aromatic carbocycles. The SMILES string of the molecule is COc1ccc(C(=O)N2CCN(c3nc4cc(C(N)=O)ccc4[nH]3)CC2)cc1. The zero-order valence-corrected chi connectivity index (χ0v) is 15.5. The minimum absolute atomic E-state index is 0.0120. The van der Waals surface area contributed by atoms with Crippen LogP contribution in [0.2, 0.25) is 0 Å². The van der Waals surface area contributed by atoms with Crippen LogP contribution in [-0.4, -0.2) is 60.0 Å². The van der Waals surface area contributed by atoms with Gasteiger partial charge in [0.25, 0.3) is 5.91 Å². The molecule has 1 aliphatic rings. The number of rotatable bonds is 4. The molecule has 1 fully saturated rings. The lowest BCUT2D eigenvalue weighted by Gasteiger charge is -2.34. The smallest absolute Gasteiger partial charge is 0.253 e. The Morgan fingerprint density at radius 1 is 1.04 bits per heavy atom. The third kappa shape index (κ3) is 3.36. The minimum Gasteiger partial charge on any atom is -0.497 e. The van der Waals surface area contributed by atoms with Crippen molar-refractivity contribution >= 4 is 28.8 Å². The van der Waals surface area contributed by atoms with Crippen molar-refractivity contribution in [2.24, 2.45) is 5.73 Å². The summed E-state index contributed by atoms with van der Waals surface area (Å²) in [6.45, 7) is 2.55. The topological polar surface area (TPSA) is 105 Å². The van der Waals surface area contributed by atoms with Gasteiger partial charge in [-0.1, -0.05) is 0 Å². The van der Waals surface area contributed by atoms with Gasteiger partial charge >= 0.3 is 0 Å². The van der Waals surface area contributed by atoms with Gasteiger partial charge in [0.1, 0.15) is 5.75 Å². The van der Waals surface area contributed by atoms with Gasteiger partial charge in [0, 0.05) is 37.3 Å². The quantitative estimate of drug-likeness (QED) is 0.717. The van der Waals surface area contributed by atoms with E-state index in [0.717, 1.165) is 17.2 Å². The number of nitrogens with one attached hydrogen (secondary N) is 1. The maximum atomic E-state index is 12.7. The van der Waals surface area contributed by atoms with Crippen molar-refractivity contribution in [1.82, 2.24) is 14.9 Å². The highest BCUT2D eigenvalue weighted by Crippen LogP contribution is 2.21. The molecule has 3 N–H and O–H groups in total. The van der Waals surface area contributed by atoms with Gasteiger partial charge in [-0.05, 0) is 42.5 Å². The Labute approximate surface area is 161 Å². The standard InChI is InChI=1S/C20H21N5O3/c1-28-15-5-2-13(3-6-15)19(27)24-8-10-25(11-9-24)20-22-16-7-4-14(18(21)26)12-17(16)23-20/h2-7,12H,8-11H2,1H3,(H2,21,26)(H,22,23). The summed E-state index contributed by atoms with van der Waals surface area (Å²) in [6.07, 6.45) is 0. The third-order valence-electron chi connectivity index (χ3n) is 4.96. The van der Waals surface area contributed by atoms with Crippen LogP contribution in [-0.2, 0) is 0 Å². The Balaban J connectivity index is 1.44. The molecule has 2 heterocycles. The average molecular weight is 379 g/mol. The van der Waals surface area contributed by atoms with Crippen LogP contribution in [0.5, 0.6) is 5.75 Å². The molecule has 0 bridgehead atoms. The van der Waals surface area contributed by atoms with Gasteiger partial charge in [-0.3, -0.25) is 9.59 Å². The molecule has 0 atom stereocenters. The summed E-state index contributed by atoms with van der Waals surface area (Å²) in [6, 6.07) is 12.3. The normalized spacial score (nSPS) is 14.3. The molecule has 1 saturated heterocycles. The molecule has 1 aliphatic heterocycles. The number of aromatic nitrogens is 2. The number of ether oxygens (including phenoxy) is 1. The van der Waals surface area contributed by atoms with Gasteiger partial charge in [0.2, 0.25) is 11.9 Å². The predicted molar refractivity (Wildman–Crippen MR) is 106 cm³/mol. The van der Waals surface area contributed by atoms with Gasteiger partial charge in [-0.2, -0.15) is 0 Å². The number of nitrogens with zero attached hydrogens (tertiary/aromatic N) is 3. The van der Waals surface area contributed by atoms with Crippen molar-refractivity contribution in [2.45, 2.75) is 0 Å². The number of methoxy groups -OCH3 is 1. The van der Waals surface area contributed by atoms with Crippen molar-refractivity contribution in [3.8, 4) is 5.75 Å². The van der Waals surface area contributed by atoms with E-state index in [1.807, 2.05) is 4.90 Å². The number of primary amides is 1. The Kier molecular flexibility index (Phi) is 4.60. The molecule has 8 nitrogen and oxygen atoms in total. The largest absolute Gasteiger partial charge is 0.497 e. The number of amides is 2. The van der Waals surface area contributed by atoms with Crippen LogP contribution in [0.4, 0.5) is 5.95 Å². The van der Waals surface area contributed by atoms with Crippen molar-refractivity contribution in [1.29, 1.82) is 0 Å². The first-order chi connectivity index (χ1) is 13.5. The zero-order valence-electron chi connectivity index (χ0n) is 15.5. The average Bonchev–Trinajstić information content (AvgIpc) is 3.17. The van der Waals surface area contributed by atoms with Crippen LogP contribution in [0.25, 0.3) is 11.0 Å². The fraction of sp³-hybridized carbons (Fsp3) is 0.250. The fourth-order valence-corrected chi connectivity index (χ4v) is 3.33. The number of H-pyrrole nitrogens is 1. The van der Waals surface area contributed by atoms with E-state index in [1.165, 1.54) is 0 Å². The number of aromatic amines is 1. The van der Waals surface area contributed by atoms with E-state index < -0.39 is 5.91 Å². The number of hydrogen-bond donors (Lipinski definition) is 2. The van der Waals surface area contributed by atoms with Crippen LogP contribution < -0.4 is 15.4 Å². The van der Waals surface area contributed by atoms with Crippen molar-refractivity contribution < 1.29 is 14.3 Å². The number of nitrogens with two attached hydrogens (primary N) is 1. The summed E-state index contributed by atoms with van der Waals surface area (Å²) < 4.78 is 5.14. The second-order valence-electron chi connectivity index (χ2n) is 6.66. The summed E-state index contributed by atoms with van der Waals surface area (Å²) in [5, 5.41) is 0. The van der Waals surface area contributed by atoms with Gasteiger partial charge in [-0.15, -0.1) is 0 Å². The fourth-order valence-electron chi connectivity index (χ4n) is 3.33. The van der Waals surface area contributed by atoms with Gasteiger partial charge in [0.05, 0.1) is 18.1 Å². The van der Waals surface area contributed by atoms with E-state index in [2.05, 4.69) is 14.9 Å². The van der Waals surface area contributed by atoms with Crippen LogP contribution in [0.3, 0.4) is 0 Å². The first-order valence-electron chi connectivity index (χ1n) is 9.03. The van der Waals surface area contributed by atoms with E-state index in [0.29, 0.717) is 42.8 Å². The molecule has 8 heteroatoms. The third-order valence-corrected chi connectivity index (χ3v) is 4.96. The Morgan fingerprint density at radius 3 is 2.36 bits per heavy atom. The molecule has 0 aliphatic carbocycles. The predicted octanol–water partition coefficient (Wildman–Crippen LogP) is 1.63. The Morgan fingerprint density at radius 2 is 1.71 bits per heavy atom. The van der Waals surface area contributed by atoms with Gasteiger partial charge < -0.3 is 25.3 Å². The Bertz CT molecular complexity index is 1020. The van der Waals surface area contributed by atoms with E-state index in [1.54, 1.807) is 49.6 Å². The molecule has 2 amide bonds. The summed E-state index contributed by atoms with van der Waals surface area (Å²) in [5.41, 5.74) is 7.95. The van der Waals surface area contributed by atoms with E-state index >= 15 is 0 Å². The first-order valence-corrected chi connectivity index (χ1v) is 9.03. The van der Waals surface area contributed by atoms with Crippen LogP contribution in [0, 0.1) is 0 Å². The van der Waals surface area contributed by atoms with Crippen molar-refractivity contribution in [2.75, 3.05) is 38.2 Å². The summed E-state index contributed by atoms with van der Waals surface area (Å²) in [7, 11) is 1.60. The monoisotopic (exact) mass is 379 g/mol. The summed E-state index contributed by atoms with van der Waals surface area (Å²) in [5.74, 6) is 0.994. The number of fused-ring (bicyclic) bond motifs is 1. The Hall–Kier alpha value is -3.55. The molecule has 0 radical (unpaired) electrons. The highest BCUT2D eigenvalue weighted by Gasteiger charge is 2.24. The second-order valence-corrected chi connectivity index (χ2v) is 6.66. The lowest BCUT2D eigenvalue weighted by Crippen LogP contribution is -2.49. The molecule has 0 saturated carbocycles. The number of anilines is 1. The zero-order chi connectivity index (χ0) is 19.7. The number of benzene rings is 2. The molecule has 1 aromatic heterocycles. The highest BCUT2D eigenvalue weighted by molar-refractivity contribution is 5.96. The van der Waals surface area contributed by atoms with Gasteiger partial charge in [-0.25, -0.2) is 4.98 Å². The van der Waals surface area contributed by atoms with Crippen LogP contribution in [0.15, 0.2) is 42.5 Å². The van der Waals surface area contributed by atoms with Crippen molar-refractivity contribution in [3.05, 3.63) is 53.6 Å². The number of hydrogen-bond acceptors (Lipinski definition) is 5. The van der Waals surface area contributed by atoms with E-state index in [-0.39, 0.29) is 5.91 Å². The molecular weight excluding hydrogens is 358 g/mol. The van der Waals surface area contributed by atoms with Crippen molar-refractivity contribution in [3.63, 3.8) is 0 Å². The van der Waals surface area contributed by atoms with Gasteiger partial charge in [0.15, 0.2) is 0 Å². The number of carbonyl (C=O) groups excluding carboxylic acids is 2. The molecule has 0 spiro atoms. The molecule has 28 heavy (non-hydrogen) atoms. The summed E-state index contributed by atoms with van der Waals surface area (Å²) in [4.78, 5) is 35.8. The number of imidazole rings is 1. The van der Waals surface area contributed by atoms with Crippen LogP contribution >= 0.6 is 0 Å². The van der Waals surface area contributed by atoms with E-state index in [4.69, 9.17) is 10.5 Å². The maximum absolute atomic E-state index is 12.7. The number of carbonyl (C=O) groups is 2. The number of piperazine rings is 1. The molecular formula is C20H21N5O3. The minimum atomic E-state index is -0.475. The van der Waals surface area contributed by atoms with Crippen LogP contribution in [0.1, 0.15) is 20.7 Å². The first kappa shape index (κ1) is 17.8. The molecule has 3 aromatic rings. The highest BCUT2D eigenvalue weighted by atomic mass is 16.5. The lowest BCUT2D eigenvalue weighted by atomic mass is 10.1. The van der Waals surface area contributed by atoms with E-state index in [9.17, 15) is 9.59 Å². The second kappa shape index (κ2) is 7.22.